The lowest BCUT2D eigenvalue weighted by atomic mass is 10.1. The summed E-state index contributed by atoms with van der Waals surface area (Å²) in [6.45, 7) is 2.72. The molecule has 1 aromatic heterocycles. The van der Waals surface area contributed by atoms with Crippen LogP contribution in [0.2, 0.25) is 0 Å². The molecule has 0 radical (unpaired) electrons. The van der Waals surface area contributed by atoms with E-state index < -0.39 is 5.91 Å². The van der Waals surface area contributed by atoms with Crippen LogP contribution in [-0.2, 0) is 6.54 Å². The number of rotatable bonds is 5. The average Bonchev–Trinajstić information content (AvgIpc) is 3.48. The van der Waals surface area contributed by atoms with E-state index in [2.05, 4.69) is 32.5 Å². The van der Waals surface area contributed by atoms with Crippen molar-refractivity contribution in [3.8, 4) is 22.9 Å². The average molecular weight is 406 g/mol. The summed E-state index contributed by atoms with van der Waals surface area (Å²) in [4.78, 5) is 19.0. The van der Waals surface area contributed by atoms with Crippen molar-refractivity contribution in [2.75, 3.05) is 24.8 Å². The molecule has 30 heavy (non-hydrogen) atoms. The number of fused-ring (bicyclic) bond motifs is 1. The van der Waals surface area contributed by atoms with Gasteiger partial charge in [-0.15, -0.1) is 0 Å². The van der Waals surface area contributed by atoms with E-state index in [-0.39, 0.29) is 12.7 Å². The van der Waals surface area contributed by atoms with Crippen LogP contribution >= 0.6 is 0 Å². The number of piperidine rings is 1. The van der Waals surface area contributed by atoms with Gasteiger partial charge < -0.3 is 24.2 Å². The summed E-state index contributed by atoms with van der Waals surface area (Å²) < 4.78 is 15.8. The smallest absolute Gasteiger partial charge is 0.316 e. The predicted octanol–water partition coefficient (Wildman–Crippen LogP) is 3.39. The van der Waals surface area contributed by atoms with Crippen molar-refractivity contribution in [3.63, 3.8) is 0 Å². The molecule has 2 aromatic carbocycles. The lowest BCUT2D eigenvalue weighted by molar-refractivity contribution is 0.0907. The third-order valence-electron chi connectivity index (χ3n) is 5.36. The topological polar surface area (TPSA) is 89.7 Å². The zero-order valence-corrected chi connectivity index (χ0v) is 16.5. The maximum absolute atomic E-state index is 12.4. The fourth-order valence-electron chi connectivity index (χ4n) is 3.72. The SMILES string of the molecule is O=C(NCc1ccc2c(c1)OCO2)c1nc(-c2ccc(N3CCCCC3)cc2)no1. The fraction of sp³-hybridized carbons (Fsp3) is 0.318. The van der Waals surface area contributed by atoms with Crippen LogP contribution in [0, 0.1) is 0 Å². The van der Waals surface area contributed by atoms with Crippen LogP contribution in [-0.4, -0.2) is 35.9 Å². The molecule has 0 spiro atoms. The summed E-state index contributed by atoms with van der Waals surface area (Å²) >= 11 is 0. The first kappa shape index (κ1) is 18.5. The number of ether oxygens (including phenoxy) is 2. The van der Waals surface area contributed by atoms with Gasteiger partial charge >= 0.3 is 11.8 Å². The number of aromatic nitrogens is 2. The van der Waals surface area contributed by atoms with Crippen LogP contribution in [0.4, 0.5) is 5.69 Å². The number of anilines is 1. The van der Waals surface area contributed by atoms with Crippen LogP contribution in [0.25, 0.3) is 11.4 Å². The van der Waals surface area contributed by atoms with Gasteiger partial charge in [0.2, 0.25) is 12.6 Å². The normalized spacial score (nSPS) is 15.3. The molecule has 8 heteroatoms. The lowest BCUT2D eigenvalue weighted by Gasteiger charge is -2.28. The molecule has 3 heterocycles. The quantitative estimate of drug-likeness (QED) is 0.695. The van der Waals surface area contributed by atoms with E-state index in [4.69, 9.17) is 14.0 Å². The second-order valence-electron chi connectivity index (χ2n) is 7.39. The van der Waals surface area contributed by atoms with E-state index in [0.717, 1.165) is 24.2 Å². The molecule has 5 rings (SSSR count). The van der Waals surface area contributed by atoms with E-state index in [1.807, 2.05) is 30.3 Å². The Morgan fingerprint density at radius 1 is 1.00 bits per heavy atom. The molecule has 1 fully saturated rings. The van der Waals surface area contributed by atoms with E-state index >= 15 is 0 Å². The van der Waals surface area contributed by atoms with Gasteiger partial charge in [-0.3, -0.25) is 4.79 Å². The molecule has 0 bridgehead atoms. The minimum absolute atomic E-state index is 0.0640. The summed E-state index contributed by atoms with van der Waals surface area (Å²) in [6.07, 6.45) is 3.77. The van der Waals surface area contributed by atoms with Gasteiger partial charge in [0.1, 0.15) is 0 Å². The Hall–Kier alpha value is -3.55. The molecule has 2 aliphatic rings. The largest absolute Gasteiger partial charge is 0.454 e. The fourth-order valence-corrected chi connectivity index (χ4v) is 3.72. The van der Waals surface area contributed by atoms with Gasteiger partial charge in [0.15, 0.2) is 11.5 Å². The van der Waals surface area contributed by atoms with Gasteiger partial charge in [0.25, 0.3) is 0 Å². The number of amides is 1. The van der Waals surface area contributed by atoms with Gasteiger partial charge in [-0.1, -0.05) is 11.2 Å². The number of benzene rings is 2. The van der Waals surface area contributed by atoms with Crippen molar-refractivity contribution in [1.82, 2.24) is 15.5 Å². The summed E-state index contributed by atoms with van der Waals surface area (Å²) in [5.74, 6) is 1.29. The molecular formula is C22H22N4O4. The third-order valence-corrected chi connectivity index (χ3v) is 5.36. The highest BCUT2D eigenvalue weighted by Crippen LogP contribution is 2.32. The summed E-state index contributed by atoms with van der Waals surface area (Å²) in [5, 5.41) is 6.74. The maximum atomic E-state index is 12.4. The third kappa shape index (κ3) is 3.80. The lowest BCUT2D eigenvalue weighted by Crippen LogP contribution is -2.29. The number of nitrogens with zero attached hydrogens (tertiary/aromatic N) is 3. The molecule has 2 aliphatic heterocycles. The Morgan fingerprint density at radius 3 is 2.63 bits per heavy atom. The molecule has 8 nitrogen and oxygen atoms in total. The highest BCUT2D eigenvalue weighted by atomic mass is 16.7. The molecule has 154 valence electrons. The maximum Gasteiger partial charge on any atom is 0.316 e. The first-order valence-corrected chi connectivity index (χ1v) is 10.1. The number of nitrogens with one attached hydrogen (secondary N) is 1. The van der Waals surface area contributed by atoms with Crippen LogP contribution in [0.1, 0.15) is 35.5 Å². The molecule has 0 unspecified atom stereocenters. The minimum atomic E-state index is -0.420. The number of hydrogen-bond acceptors (Lipinski definition) is 7. The van der Waals surface area contributed by atoms with Crippen LogP contribution < -0.4 is 19.7 Å². The molecule has 1 amide bonds. The van der Waals surface area contributed by atoms with Gasteiger partial charge in [0.05, 0.1) is 0 Å². The van der Waals surface area contributed by atoms with E-state index in [1.54, 1.807) is 0 Å². The van der Waals surface area contributed by atoms with Crippen LogP contribution in [0.5, 0.6) is 11.5 Å². The number of hydrogen-bond donors (Lipinski definition) is 1. The molecule has 1 N–H and O–H groups in total. The molecule has 0 atom stereocenters. The van der Waals surface area contributed by atoms with Crippen molar-refractivity contribution in [3.05, 3.63) is 53.9 Å². The zero-order chi connectivity index (χ0) is 20.3. The monoisotopic (exact) mass is 406 g/mol. The van der Waals surface area contributed by atoms with Crippen molar-refractivity contribution < 1.29 is 18.8 Å². The minimum Gasteiger partial charge on any atom is -0.454 e. The Balaban J connectivity index is 1.22. The molecule has 0 aliphatic carbocycles. The van der Waals surface area contributed by atoms with Gasteiger partial charge in [-0.2, -0.15) is 4.98 Å². The number of carbonyl (C=O) groups excluding carboxylic acids is 1. The second-order valence-corrected chi connectivity index (χ2v) is 7.39. The Morgan fingerprint density at radius 2 is 1.80 bits per heavy atom. The first-order chi connectivity index (χ1) is 14.8. The van der Waals surface area contributed by atoms with Crippen molar-refractivity contribution in [2.24, 2.45) is 0 Å². The first-order valence-electron chi connectivity index (χ1n) is 10.1. The highest BCUT2D eigenvalue weighted by Gasteiger charge is 2.18. The number of carbonyl (C=O) groups is 1. The van der Waals surface area contributed by atoms with E-state index in [1.165, 1.54) is 24.9 Å². The Kier molecular flexibility index (Phi) is 4.96. The highest BCUT2D eigenvalue weighted by molar-refractivity contribution is 5.89. The zero-order valence-electron chi connectivity index (χ0n) is 16.5. The van der Waals surface area contributed by atoms with Gasteiger partial charge in [0, 0.05) is 30.9 Å². The van der Waals surface area contributed by atoms with Crippen molar-refractivity contribution in [1.29, 1.82) is 0 Å². The van der Waals surface area contributed by atoms with Crippen LogP contribution in [0.3, 0.4) is 0 Å². The Labute approximate surface area is 173 Å². The molecule has 0 saturated carbocycles. The summed E-state index contributed by atoms with van der Waals surface area (Å²) in [7, 11) is 0. The molecule has 3 aromatic rings. The van der Waals surface area contributed by atoms with Crippen molar-refractivity contribution in [2.45, 2.75) is 25.8 Å². The van der Waals surface area contributed by atoms with E-state index in [0.29, 0.717) is 23.9 Å². The van der Waals surface area contributed by atoms with Crippen LogP contribution in [0.15, 0.2) is 47.0 Å². The molecular weight excluding hydrogens is 384 g/mol. The standard InChI is InChI=1S/C22H22N4O4/c27-21(23-13-15-4-9-18-19(12-15)29-14-28-18)22-24-20(25-30-22)16-5-7-17(8-6-16)26-10-2-1-3-11-26/h4-9,12H,1-3,10-11,13-14H2,(H,23,27). The predicted molar refractivity (Wildman–Crippen MR) is 110 cm³/mol. The summed E-state index contributed by atoms with van der Waals surface area (Å²) in [6, 6.07) is 13.6. The molecule has 1 saturated heterocycles. The summed E-state index contributed by atoms with van der Waals surface area (Å²) in [5.41, 5.74) is 2.90. The van der Waals surface area contributed by atoms with Gasteiger partial charge in [-0.25, -0.2) is 0 Å². The van der Waals surface area contributed by atoms with Gasteiger partial charge in [-0.05, 0) is 61.2 Å². The Bertz CT molecular complexity index is 1040. The second kappa shape index (κ2) is 8.06. The van der Waals surface area contributed by atoms with Crippen molar-refractivity contribution >= 4 is 11.6 Å². The van der Waals surface area contributed by atoms with E-state index in [9.17, 15) is 4.79 Å².